The lowest BCUT2D eigenvalue weighted by atomic mass is 9.61. The summed E-state index contributed by atoms with van der Waals surface area (Å²) in [6, 6.07) is 51.5. The van der Waals surface area contributed by atoms with Gasteiger partial charge >= 0.3 is 0 Å². The highest BCUT2D eigenvalue weighted by Crippen LogP contribution is 2.48. The van der Waals surface area contributed by atoms with Crippen LogP contribution >= 0.6 is 0 Å². The molecule has 0 aromatic heterocycles. The van der Waals surface area contributed by atoms with Crippen molar-refractivity contribution >= 4 is 34.3 Å². The zero-order chi connectivity index (χ0) is 34.2. The summed E-state index contributed by atoms with van der Waals surface area (Å²) < 4.78 is 0. The fraction of sp³-hybridized carbons (Fsp3) is 0.0435. The van der Waals surface area contributed by atoms with Crippen molar-refractivity contribution in [3.05, 3.63) is 226 Å². The van der Waals surface area contributed by atoms with Crippen LogP contribution < -0.4 is 0 Å². The number of allylic oxidation sites excluding steroid dienone is 2. The molecule has 0 bridgehead atoms. The first kappa shape index (κ1) is 30.8. The van der Waals surface area contributed by atoms with Crippen molar-refractivity contribution in [2.24, 2.45) is 11.8 Å². The Morgan fingerprint density at radius 1 is 0.300 bits per heavy atom. The smallest absolute Gasteiger partial charge is 0.191 e. The number of carbonyl (C=O) groups excluding carboxylic acids is 4. The zero-order valence-electron chi connectivity index (χ0n) is 27.0. The second kappa shape index (κ2) is 12.8. The molecule has 50 heavy (non-hydrogen) atoms. The first-order valence-electron chi connectivity index (χ1n) is 16.6. The predicted molar refractivity (Wildman–Crippen MR) is 195 cm³/mol. The highest BCUT2D eigenvalue weighted by atomic mass is 16.2. The Morgan fingerprint density at radius 3 is 0.820 bits per heavy atom. The van der Waals surface area contributed by atoms with Crippen molar-refractivity contribution in [3.63, 3.8) is 0 Å². The van der Waals surface area contributed by atoms with Gasteiger partial charge in [0.2, 0.25) is 0 Å². The maximum absolute atomic E-state index is 15.2. The van der Waals surface area contributed by atoms with Gasteiger partial charge in [0.1, 0.15) is 0 Å². The van der Waals surface area contributed by atoms with E-state index in [9.17, 15) is 0 Å². The first-order chi connectivity index (χ1) is 24.5. The van der Waals surface area contributed by atoms with Crippen molar-refractivity contribution < 1.29 is 19.2 Å². The lowest BCUT2D eigenvalue weighted by Gasteiger charge is -2.37. The quantitative estimate of drug-likeness (QED) is 0.175. The van der Waals surface area contributed by atoms with Crippen LogP contribution in [-0.4, -0.2) is 23.1 Å². The largest absolute Gasteiger partial charge is 0.293 e. The van der Waals surface area contributed by atoms with Crippen molar-refractivity contribution in [3.8, 4) is 0 Å². The standard InChI is InChI=1S/C46H30O4/c47-43-33-25-13-15-27-35(33)45(49)41(39(43)37(29-17-5-1-6-18-29)30-19-7-2-8-20-30)42-40(44(48)34-26-14-16-28-36(34)46(42)50)38(31-21-9-3-10-22-31)32-23-11-4-12-24-32/h1-28,41-42H/t41-,42-/m0/s1. The molecule has 0 amide bonds. The first-order valence-corrected chi connectivity index (χ1v) is 16.6. The number of ketones is 4. The van der Waals surface area contributed by atoms with E-state index in [1.165, 1.54) is 0 Å². The molecule has 0 saturated carbocycles. The van der Waals surface area contributed by atoms with Crippen LogP contribution in [0, 0.1) is 11.8 Å². The number of hydrogen-bond acceptors (Lipinski definition) is 4. The minimum atomic E-state index is -1.30. The van der Waals surface area contributed by atoms with E-state index >= 15 is 19.2 Å². The molecule has 2 aliphatic carbocycles. The number of fused-ring (bicyclic) bond motifs is 2. The van der Waals surface area contributed by atoms with Gasteiger partial charge in [0.25, 0.3) is 0 Å². The molecule has 0 fully saturated rings. The molecule has 4 nitrogen and oxygen atoms in total. The van der Waals surface area contributed by atoms with Crippen molar-refractivity contribution in [2.45, 2.75) is 0 Å². The van der Waals surface area contributed by atoms with Gasteiger partial charge in [-0.15, -0.1) is 0 Å². The minimum absolute atomic E-state index is 0.203. The molecule has 0 N–H and O–H groups in total. The number of carbonyl (C=O) groups is 4. The molecule has 4 heteroatoms. The summed E-state index contributed by atoms with van der Waals surface area (Å²) in [5.74, 6) is -4.02. The molecule has 0 spiro atoms. The maximum Gasteiger partial charge on any atom is 0.191 e. The fourth-order valence-corrected chi connectivity index (χ4v) is 7.51. The topological polar surface area (TPSA) is 68.3 Å². The van der Waals surface area contributed by atoms with E-state index in [1.807, 2.05) is 121 Å². The molecule has 238 valence electrons. The Balaban J connectivity index is 1.54. The van der Waals surface area contributed by atoms with Gasteiger partial charge in [-0.25, -0.2) is 0 Å². The van der Waals surface area contributed by atoms with E-state index in [1.54, 1.807) is 48.5 Å². The highest BCUT2D eigenvalue weighted by Gasteiger charge is 2.51. The lowest BCUT2D eigenvalue weighted by molar-refractivity contribution is 0.0766. The third kappa shape index (κ3) is 5.10. The summed E-state index contributed by atoms with van der Waals surface area (Å²) in [6.45, 7) is 0. The van der Waals surface area contributed by atoms with Crippen LogP contribution in [0.5, 0.6) is 0 Å². The van der Waals surface area contributed by atoms with Crippen LogP contribution in [-0.2, 0) is 0 Å². The van der Waals surface area contributed by atoms with Crippen LogP contribution in [0.25, 0.3) is 11.1 Å². The van der Waals surface area contributed by atoms with Crippen molar-refractivity contribution in [1.82, 2.24) is 0 Å². The molecule has 0 saturated heterocycles. The van der Waals surface area contributed by atoms with E-state index in [0.29, 0.717) is 11.1 Å². The summed E-state index contributed by atoms with van der Waals surface area (Å²) in [7, 11) is 0. The second-order valence-electron chi connectivity index (χ2n) is 12.5. The molecule has 2 aliphatic rings. The molecule has 8 rings (SSSR count). The third-order valence-corrected chi connectivity index (χ3v) is 9.67. The van der Waals surface area contributed by atoms with Gasteiger partial charge in [0.15, 0.2) is 23.1 Å². The zero-order valence-corrected chi connectivity index (χ0v) is 27.0. The molecule has 0 heterocycles. The summed E-state index contributed by atoms with van der Waals surface area (Å²) in [4.78, 5) is 60.4. The van der Waals surface area contributed by atoms with E-state index in [4.69, 9.17) is 0 Å². The molecular formula is C46H30O4. The monoisotopic (exact) mass is 646 g/mol. The summed E-state index contributed by atoms with van der Waals surface area (Å²) >= 11 is 0. The van der Waals surface area contributed by atoms with Gasteiger partial charge in [-0.1, -0.05) is 170 Å². The Kier molecular flexibility index (Phi) is 7.90. The van der Waals surface area contributed by atoms with Gasteiger partial charge < -0.3 is 0 Å². The molecule has 0 radical (unpaired) electrons. The van der Waals surface area contributed by atoms with Gasteiger partial charge in [-0.2, -0.15) is 0 Å². The van der Waals surface area contributed by atoms with Gasteiger partial charge in [-0.05, 0) is 33.4 Å². The fourth-order valence-electron chi connectivity index (χ4n) is 7.51. The highest BCUT2D eigenvalue weighted by molar-refractivity contribution is 6.32. The van der Waals surface area contributed by atoms with Gasteiger partial charge in [0, 0.05) is 33.4 Å². The van der Waals surface area contributed by atoms with Gasteiger partial charge in [-0.3, -0.25) is 19.2 Å². The van der Waals surface area contributed by atoms with Crippen LogP contribution in [0.15, 0.2) is 181 Å². The summed E-state index contributed by atoms with van der Waals surface area (Å²) in [6.07, 6.45) is 0. The SMILES string of the molecule is O=C1C(=C(c2ccccc2)c2ccccc2)[C@@H]([C@H]2C(=O)c3ccccc3C(=O)C2=C(c2ccccc2)c2ccccc2)C(=O)c2ccccc21. The summed E-state index contributed by atoms with van der Waals surface area (Å²) in [5.41, 5.74) is 5.47. The second-order valence-corrected chi connectivity index (χ2v) is 12.5. The minimum Gasteiger partial charge on any atom is -0.293 e. The van der Waals surface area contributed by atoms with E-state index < -0.39 is 11.8 Å². The Bertz CT molecular complexity index is 2120. The predicted octanol–water partition coefficient (Wildman–Crippen LogP) is 9.38. The molecule has 6 aromatic rings. The van der Waals surface area contributed by atoms with Crippen LogP contribution in [0.1, 0.15) is 63.7 Å². The Morgan fingerprint density at radius 2 is 0.540 bits per heavy atom. The normalized spacial score (nSPS) is 16.9. The van der Waals surface area contributed by atoms with Crippen LogP contribution in [0.2, 0.25) is 0 Å². The average molecular weight is 647 g/mol. The number of benzene rings is 6. The van der Waals surface area contributed by atoms with E-state index in [0.717, 1.165) is 22.3 Å². The average Bonchev–Trinajstić information content (AvgIpc) is 3.18. The van der Waals surface area contributed by atoms with E-state index in [-0.39, 0.29) is 56.5 Å². The van der Waals surface area contributed by atoms with Gasteiger partial charge in [0.05, 0.1) is 11.8 Å². The number of hydrogen-bond donors (Lipinski definition) is 0. The Labute approximate surface area is 290 Å². The molecule has 0 aliphatic heterocycles. The third-order valence-electron chi connectivity index (χ3n) is 9.67. The lowest BCUT2D eigenvalue weighted by Crippen LogP contribution is -2.43. The molecule has 6 aromatic carbocycles. The summed E-state index contributed by atoms with van der Waals surface area (Å²) in [5, 5.41) is 0. The number of Topliss-reactive ketones (excluding diaryl/α,β-unsaturated/α-hetero) is 4. The van der Waals surface area contributed by atoms with Crippen LogP contribution in [0.3, 0.4) is 0 Å². The van der Waals surface area contributed by atoms with Crippen molar-refractivity contribution in [1.29, 1.82) is 0 Å². The Hall–Kier alpha value is -6.52. The van der Waals surface area contributed by atoms with E-state index in [2.05, 4.69) is 0 Å². The van der Waals surface area contributed by atoms with Crippen molar-refractivity contribution in [2.75, 3.05) is 0 Å². The maximum atomic E-state index is 15.2. The molecule has 2 atom stereocenters. The van der Waals surface area contributed by atoms with Crippen LogP contribution in [0.4, 0.5) is 0 Å². The number of rotatable bonds is 5. The molecular weight excluding hydrogens is 617 g/mol. The molecule has 0 unspecified atom stereocenters.